The first kappa shape index (κ1) is 18.2. The summed E-state index contributed by atoms with van der Waals surface area (Å²) in [6.07, 6.45) is 2.26. The van der Waals surface area contributed by atoms with Gasteiger partial charge in [0.15, 0.2) is 5.82 Å². The Morgan fingerprint density at radius 2 is 1.42 bits per heavy atom. The minimum Gasteiger partial charge on any atom is -0.205 e. The molecule has 0 radical (unpaired) electrons. The van der Waals surface area contributed by atoms with Crippen LogP contribution in [0.15, 0.2) is 65.7 Å². The molecule has 0 fully saturated rings. The maximum atomic E-state index is 14.2. The lowest BCUT2D eigenvalue weighted by atomic mass is 9.98. The zero-order valence-corrected chi connectivity index (χ0v) is 15.7. The fourth-order valence-corrected chi connectivity index (χ4v) is 3.19. The number of nitrogens with zero attached hydrogens (tertiary/aromatic N) is 1. The molecule has 0 N–H and O–H groups in total. The Morgan fingerprint density at radius 1 is 0.885 bits per heavy atom. The van der Waals surface area contributed by atoms with Gasteiger partial charge in [-0.25, -0.2) is 4.39 Å². The van der Waals surface area contributed by atoms with Gasteiger partial charge in [0.05, 0.1) is 5.16 Å². The Balaban J connectivity index is 1.89. The molecule has 0 aromatic heterocycles. The standard InChI is InChI=1S/C23H20FNS/c1-3-4-17-5-7-18(8-6-17)19-9-11-20(12-10-19)21-13-16(2)23(25-15-26)22(24)14-21/h5-14H,3-4H2,1-2H3. The molecular formula is C23H20FNS. The van der Waals surface area contributed by atoms with Gasteiger partial charge in [-0.3, -0.25) is 0 Å². The Bertz CT molecular complexity index is 929. The zero-order chi connectivity index (χ0) is 18.5. The van der Waals surface area contributed by atoms with Crippen molar-refractivity contribution < 1.29 is 4.39 Å². The second-order valence-corrected chi connectivity index (χ2v) is 6.53. The summed E-state index contributed by atoms with van der Waals surface area (Å²) in [5.74, 6) is -0.382. The number of aliphatic imine (C=N–C) groups is 1. The average Bonchev–Trinajstić information content (AvgIpc) is 2.66. The number of halogens is 1. The van der Waals surface area contributed by atoms with Crippen LogP contribution in [-0.4, -0.2) is 5.16 Å². The second-order valence-electron chi connectivity index (χ2n) is 6.35. The molecule has 3 aromatic rings. The number of hydrogen-bond acceptors (Lipinski definition) is 2. The van der Waals surface area contributed by atoms with E-state index in [2.05, 4.69) is 65.7 Å². The smallest absolute Gasteiger partial charge is 0.150 e. The molecule has 3 aromatic carbocycles. The Kier molecular flexibility index (Phi) is 5.72. The second kappa shape index (κ2) is 8.18. The van der Waals surface area contributed by atoms with Crippen LogP contribution in [0.3, 0.4) is 0 Å². The molecular weight excluding hydrogens is 341 g/mol. The quantitative estimate of drug-likeness (QED) is 0.347. The molecule has 0 spiro atoms. The Hall–Kier alpha value is -2.61. The lowest BCUT2D eigenvalue weighted by molar-refractivity contribution is 0.629. The molecule has 0 saturated carbocycles. The topological polar surface area (TPSA) is 12.4 Å². The summed E-state index contributed by atoms with van der Waals surface area (Å²) in [7, 11) is 0. The fourth-order valence-electron chi connectivity index (χ4n) is 3.10. The summed E-state index contributed by atoms with van der Waals surface area (Å²) in [6, 6.07) is 20.3. The summed E-state index contributed by atoms with van der Waals surface area (Å²) in [5.41, 5.74) is 6.49. The van der Waals surface area contributed by atoms with E-state index in [1.165, 1.54) is 17.2 Å². The van der Waals surface area contributed by atoms with Crippen molar-refractivity contribution in [3.63, 3.8) is 0 Å². The van der Waals surface area contributed by atoms with Crippen LogP contribution in [0.1, 0.15) is 24.5 Å². The molecule has 0 aliphatic rings. The summed E-state index contributed by atoms with van der Waals surface area (Å²) in [5, 5.41) is 2.23. The van der Waals surface area contributed by atoms with E-state index in [9.17, 15) is 4.39 Å². The van der Waals surface area contributed by atoms with Crippen molar-refractivity contribution in [1.29, 1.82) is 0 Å². The van der Waals surface area contributed by atoms with Gasteiger partial charge in [-0.1, -0.05) is 61.9 Å². The number of aryl methyl sites for hydroxylation is 2. The van der Waals surface area contributed by atoms with Gasteiger partial charge in [-0.15, -0.1) is 0 Å². The highest BCUT2D eigenvalue weighted by Crippen LogP contribution is 2.31. The molecule has 0 bridgehead atoms. The Labute approximate surface area is 159 Å². The number of isothiocyanates is 1. The van der Waals surface area contributed by atoms with Gasteiger partial charge in [-0.05, 0) is 71.1 Å². The van der Waals surface area contributed by atoms with Crippen molar-refractivity contribution in [2.75, 3.05) is 0 Å². The highest BCUT2D eigenvalue weighted by molar-refractivity contribution is 7.78. The van der Waals surface area contributed by atoms with Crippen LogP contribution in [-0.2, 0) is 6.42 Å². The van der Waals surface area contributed by atoms with Gasteiger partial charge < -0.3 is 0 Å². The van der Waals surface area contributed by atoms with Crippen molar-refractivity contribution in [3.05, 3.63) is 77.6 Å². The lowest BCUT2D eigenvalue weighted by Crippen LogP contribution is -1.87. The zero-order valence-electron chi connectivity index (χ0n) is 14.9. The van der Waals surface area contributed by atoms with Crippen molar-refractivity contribution in [2.24, 2.45) is 4.99 Å². The van der Waals surface area contributed by atoms with E-state index < -0.39 is 0 Å². The molecule has 130 valence electrons. The van der Waals surface area contributed by atoms with Gasteiger partial charge in [0, 0.05) is 0 Å². The normalized spacial score (nSPS) is 10.4. The molecule has 3 rings (SSSR count). The largest absolute Gasteiger partial charge is 0.205 e. The SMILES string of the molecule is CCCc1ccc(-c2ccc(-c3cc(C)c(N=C=S)c(F)c3)cc2)cc1. The average molecular weight is 361 g/mol. The molecule has 0 saturated heterocycles. The van der Waals surface area contributed by atoms with Gasteiger partial charge in [0.25, 0.3) is 0 Å². The maximum Gasteiger partial charge on any atom is 0.150 e. The lowest BCUT2D eigenvalue weighted by Gasteiger charge is -2.08. The minimum atomic E-state index is -0.382. The number of rotatable bonds is 5. The first-order valence-electron chi connectivity index (χ1n) is 8.70. The van der Waals surface area contributed by atoms with Crippen molar-refractivity contribution in [1.82, 2.24) is 0 Å². The van der Waals surface area contributed by atoms with E-state index in [-0.39, 0.29) is 11.5 Å². The van der Waals surface area contributed by atoms with Crippen molar-refractivity contribution in [3.8, 4) is 22.3 Å². The third-order valence-electron chi connectivity index (χ3n) is 4.46. The van der Waals surface area contributed by atoms with Crippen LogP contribution < -0.4 is 0 Å². The molecule has 0 unspecified atom stereocenters. The van der Waals surface area contributed by atoms with E-state index >= 15 is 0 Å². The van der Waals surface area contributed by atoms with E-state index in [0.717, 1.165) is 35.1 Å². The molecule has 0 atom stereocenters. The number of benzene rings is 3. The molecule has 3 heteroatoms. The third-order valence-corrected chi connectivity index (χ3v) is 4.55. The predicted molar refractivity (Wildman–Crippen MR) is 111 cm³/mol. The van der Waals surface area contributed by atoms with E-state index in [1.807, 2.05) is 25.1 Å². The van der Waals surface area contributed by atoms with Gasteiger partial charge in [0.2, 0.25) is 0 Å². The third kappa shape index (κ3) is 3.96. The summed E-state index contributed by atoms with van der Waals surface area (Å²) in [4.78, 5) is 3.80. The van der Waals surface area contributed by atoms with Crippen LogP contribution in [0.2, 0.25) is 0 Å². The van der Waals surface area contributed by atoms with Crippen molar-refractivity contribution >= 4 is 23.1 Å². The predicted octanol–water partition coefficient (Wildman–Crippen LogP) is 7.15. The monoisotopic (exact) mass is 361 g/mol. The van der Waals surface area contributed by atoms with Gasteiger partial charge >= 0.3 is 0 Å². The molecule has 1 nitrogen and oxygen atoms in total. The molecule has 0 amide bonds. The van der Waals surface area contributed by atoms with Crippen LogP contribution in [0.25, 0.3) is 22.3 Å². The van der Waals surface area contributed by atoms with Crippen LogP contribution in [0.5, 0.6) is 0 Å². The van der Waals surface area contributed by atoms with E-state index in [1.54, 1.807) is 0 Å². The molecule has 0 aliphatic heterocycles. The fraction of sp³-hybridized carbons (Fsp3) is 0.174. The molecule has 26 heavy (non-hydrogen) atoms. The van der Waals surface area contributed by atoms with Gasteiger partial charge in [0.1, 0.15) is 5.69 Å². The molecule has 0 aliphatic carbocycles. The summed E-state index contributed by atoms with van der Waals surface area (Å²) >= 11 is 4.58. The minimum absolute atomic E-state index is 0.257. The Morgan fingerprint density at radius 3 is 1.92 bits per heavy atom. The highest BCUT2D eigenvalue weighted by atomic mass is 32.1. The maximum absolute atomic E-state index is 14.2. The summed E-state index contributed by atoms with van der Waals surface area (Å²) in [6.45, 7) is 4.01. The van der Waals surface area contributed by atoms with E-state index in [4.69, 9.17) is 0 Å². The van der Waals surface area contributed by atoms with Crippen molar-refractivity contribution in [2.45, 2.75) is 26.7 Å². The number of thiocarbonyl (C=S) groups is 1. The first-order valence-corrected chi connectivity index (χ1v) is 9.11. The van der Waals surface area contributed by atoms with Crippen LogP contribution >= 0.6 is 12.2 Å². The summed E-state index contributed by atoms with van der Waals surface area (Å²) < 4.78 is 14.2. The molecule has 0 heterocycles. The first-order chi connectivity index (χ1) is 12.6. The van der Waals surface area contributed by atoms with E-state index in [0.29, 0.717) is 0 Å². The van der Waals surface area contributed by atoms with Crippen LogP contribution in [0, 0.1) is 12.7 Å². The number of hydrogen-bond donors (Lipinski definition) is 0. The van der Waals surface area contributed by atoms with Crippen LogP contribution in [0.4, 0.5) is 10.1 Å². The highest BCUT2D eigenvalue weighted by Gasteiger charge is 2.09. The van der Waals surface area contributed by atoms with Gasteiger partial charge in [-0.2, -0.15) is 4.99 Å².